The van der Waals surface area contributed by atoms with E-state index in [1.165, 1.54) is 56.2 Å². The second-order valence-corrected chi connectivity index (χ2v) is 37.0. The van der Waals surface area contributed by atoms with Gasteiger partial charge in [-0.1, -0.05) is 38.5 Å². The quantitative estimate of drug-likeness (QED) is 0.0243. The van der Waals surface area contributed by atoms with E-state index in [4.69, 9.17) is 94.9 Å². The number of rotatable bonds is 16. The van der Waals surface area contributed by atoms with Crippen LogP contribution in [0.5, 0.6) is 0 Å². The van der Waals surface area contributed by atoms with E-state index in [0.717, 1.165) is 11.7 Å². The van der Waals surface area contributed by atoms with Gasteiger partial charge in [-0.05, 0) is 0 Å². The third-order valence-electron chi connectivity index (χ3n) is 20.1. The summed E-state index contributed by atoms with van der Waals surface area (Å²) in [5.74, 6) is 1.82. The Labute approximate surface area is 738 Å². The molecule has 6 saturated heterocycles. The van der Waals surface area contributed by atoms with Crippen molar-refractivity contribution in [2.24, 2.45) is 0 Å². The third kappa shape index (κ3) is 18.3. The molecule has 12 aromatic heterocycles. The summed E-state index contributed by atoms with van der Waals surface area (Å²) < 4.78 is 42.6. The number of ether oxygens (including phenoxy) is 6. The minimum atomic E-state index is -1.04. The number of anilines is 6. The van der Waals surface area contributed by atoms with E-state index < -0.39 is 154 Å². The molecular weight excluding hydrogens is 2050 g/mol. The summed E-state index contributed by atoms with van der Waals surface area (Å²) in [7, 11) is 0. The van der Waals surface area contributed by atoms with Crippen LogP contribution in [0.2, 0.25) is 25.6 Å². The fourth-order valence-electron chi connectivity index (χ4n) is 14.0. The van der Waals surface area contributed by atoms with E-state index in [1.807, 2.05) is 28.4 Å². The van der Waals surface area contributed by atoms with E-state index in [1.54, 1.807) is 9.13 Å². The molecule has 18 heterocycles. The molecule has 124 heavy (non-hydrogen) atoms. The number of fused-ring (bicyclic) bond motifs is 6. The molecule has 0 radical (unpaired) electrons. The van der Waals surface area contributed by atoms with Crippen LogP contribution in [0.25, 0.3) is 67.0 Å². The zero-order valence-electron chi connectivity index (χ0n) is 64.2. The van der Waals surface area contributed by atoms with Gasteiger partial charge in [0.25, 0.3) is 16.7 Å². The van der Waals surface area contributed by atoms with E-state index in [9.17, 15) is 69.6 Å². The molecule has 0 aliphatic carbocycles. The molecule has 60 heteroatoms. The number of aromatic nitrogens is 24. The molecule has 6 unspecified atom stereocenters. The van der Waals surface area contributed by atoms with E-state index >= 15 is 0 Å². The molecule has 0 amide bonds. The zero-order chi connectivity index (χ0) is 89.5. The topological polar surface area (TPSA) is 836 Å². The number of aliphatic hydroxyl groups is 12. The second kappa shape index (κ2) is 39.2. The van der Waals surface area contributed by atoms with Crippen molar-refractivity contribution in [1.82, 2.24) is 117 Å². The first-order valence-corrected chi connectivity index (χ1v) is 45.6. The fourth-order valence-corrected chi connectivity index (χ4v) is 21.3. The molecule has 18 rings (SSSR count). The Morgan fingerprint density at radius 2 is 0.661 bits per heavy atom. The van der Waals surface area contributed by atoms with Crippen molar-refractivity contribution >= 4 is 199 Å². The molecule has 0 bridgehead atoms. The number of nitrogens with zero attached hydrogens (tertiary/aromatic N) is 18. The normalized spacial score (nSPS) is 29.6. The Morgan fingerprint density at radius 3 is 0.976 bits per heavy atom. The number of aliphatic hydroxyl groups excluding tert-OH is 12. The van der Waals surface area contributed by atoms with Gasteiger partial charge >= 0.3 is 382 Å². The van der Waals surface area contributed by atoms with Crippen molar-refractivity contribution in [1.29, 1.82) is 0 Å². The van der Waals surface area contributed by atoms with Gasteiger partial charge in [-0.25, -0.2) is 15.0 Å². The number of H-pyrrole nitrogens is 6. The van der Waals surface area contributed by atoms with Crippen molar-refractivity contribution in [2.45, 2.75) is 164 Å². The average Bonchev–Trinajstić information content (AvgIpc) is 1.64. The fraction of sp³-hybridized carbons (Fsp3) is 0.531. The molecule has 0 saturated carbocycles. The molecule has 6 aliphatic heterocycles. The van der Waals surface area contributed by atoms with Crippen LogP contribution in [0.3, 0.4) is 0 Å². The first-order chi connectivity index (χ1) is 59.2. The predicted octanol–water partition coefficient (Wildman–Crippen LogP) is -8.56. The molecule has 0 spiro atoms. The van der Waals surface area contributed by atoms with Crippen molar-refractivity contribution in [2.75, 3.05) is 74.0 Å². The first kappa shape index (κ1) is 92.9. The van der Waals surface area contributed by atoms with E-state index in [0.29, 0.717) is 11.3 Å². The number of alkyl halides is 3. The second-order valence-electron chi connectivity index (χ2n) is 27.9. The Morgan fingerprint density at radius 1 is 0.403 bits per heavy atom. The number of halogens is 3. The van der Waals surface area contributed by atoms with Crippen LogP contribution in [0, 0.1) is 0 Å². The molecular formula is C64H83BrClIN30O24Se3. The molecule has 6 aliphatic rings. The minimum absolute atomic E-state index is 0.00266. The van der Waals surface area contributed by atoms with E-state index in [-0.39, 0.29) is 179 Å². The maximum absolute atomic E-state index is 11.9. The summed E-state index contributed by atoms with van der Waals surface area (Å²) in [6.07, 6.45) is -3.52. The Balaban J connectivity index is 0.000000128. The molecule has 30 N–H and O–H groups in total. The van der Waals surface area contributed by atoms with Crippen LogP contribution in [-0.4, -0.2) is 351 Å². The maximum atomic E-state index is 11.9. The van der Waals surface area contributed by atoms with Gasteiger partial charge in [0, 0.05) is 0 Å². The summed E-state index contributed by atoms with van der Waals surface area (Å²) in [6.45, 7) is 0.268. The first-order valence-electron chi connectivity index (χ1n) is 37.0. The Bertz CT molecular complexity index is 5680. The summed E-state index contributed by atoms with van der Waals surface area (Å²) in [5.41, 5.74) is 33.1. The van der Waals surface area contributed by atoms with Crippen molar-refractivity contribution in [3.05, 3.63) is 100 Å². The molecule has 672 valence electrons. The number of nitrogen functional groups attached to an aromatic ring is 6. The van der Waals surface area contributed by atoms with Gasteiger partial charge in [0.1, 0.15) is 29.8 Å². The summed E-state index contributed by atoms with van der Waals surface area (Å²) >= 11 is 13.9. The van der Waals surface area contributed by atoms with Gasteiger partial charge in [0.05, 0.1) is 59.8 Å². The van der Waals surface area contributed by atoms with Crippen LogP contribution in [0.15, 0.2) is 66.7 Å². The van der Waals surface area contributed by atoms with E-state index in [2.05, 4.69) is 129 Å². The summed E-state index contributed by atoms with van der Waals surface area (Å²) in [6, 6.07) is 0. The predicted molar refractivity (Wildman–Crippen MR) is 448 cm³/mol. The van der Waals surface area contributed by atoms with Gasteiger partial charge in [-0.2, -0.15) is 15.0 Å². The zero-order valence-corrected chi connectivity index (χ0v) is 74.0. The number of hydrogen-bond donors (Lipinski definition) is 24. The molecule has 0 aromatic carbocycles. The number of hydrogen-bond acceptors (Lipinski definition) is 42. The van der Waals surface area contributed by atoms with Gasteiger partial charge in [0.2, 0.25) is 17.8 Å². The third-order valence-corrected chi connectivity index (χ3v) is 29.5. The monoisotopic (exact) mass is 2140 g/mol. The van der Waals surface area contributed by atoms with Gasteiger partial charge in [-0.15, -0.1) is 11.6 Å². The van der Waals surface area contributed by atoms with Crippen LogP contribution in [0.1, 0.15) is 50.7 Å². The molecule has 54 nitrogen and oxygen atoms in total. The van der Waals surface area contributed by atoms with Crippen LogP contribution in [0.4, 0.5) is 35.7 Å². The van der Waals surface area contributed by atoms with Crippen molar-refractivity contribution < 1.29 is 89.7 Å². The van der Waals surface area contributed by atoms with Gasteiger partial charge in [0.15, 0.2) is 52.2 Å². The van der Waals surface area contributed by atoms with Crippen LogP contribution in [-0.2, 0) is 28.4 Å². The summed E-state index contributed by atoms with van der Waals surface area (Å²) in [4.78, 5) is 132. The van der Waals surface area contributed by atoms with Crippen molar-refractivity contribution in [3.63, 3.8) is 0 Å². The Kier molecular flexibility index (Phi) is 29.4. The van der Waals surface area contributed by atoms with Crippen LogP contribution < -0.4 is 67.8 Å². The Hall–Kier alpha value is -8.76. The number of aromatic amines is 6. The van der Waals surface area contributed by atoms with Crippen molar-refractivity contribution in [3.8, 4) is 0 Å². The van der Waals surface area contributed by atoms with Crippen LogP contribution >= 0.6 is 50.1 Å². The summed E-state index contributed by atoms with van der Waals surface area (Å²) in [5, 5.41) is 116. The molecule has 12 aromatic rings. The molecule has 24 atom stereocenters. The number of nitrogens with two attached hydrogens (primary N) is 6. The SMILES string of the molecule is CCC[Se]C1[C@@H](O)[C@@H](CO)O[C@H]1n1cnc2c(=O)[nH]c(N)nc21.C[Se]C1[C@@H](O)[C@@H](CO)O[C@H]1n1cnc2c(=O)[nH]c(N)nc21.Nc1nc2c(ncn2[C@@H]2O[C@H](CO)[C@H](O)C2Br)c(=O)[nH]1.Nc1nc2c(ncn2[C@@H]2O[C@H](CO)[C@H](O)C2Cl)c(=O)[nH]1.Nc1nc2c(ncn2[C@@H]2O[C@H](CO)[C@H](O)C2I)c(=O)[nH]1.Nc1nc2c(ncn2[C@@H]2O[C@H](CO)[C@H](O)C2[SeH])c(=O)[nH]1. The number of nitrogens with one attached hydrogen (secondary N) is 6. The standard InChI is InChI=1S/C13H19N5O4Se.C11H15N5O4Se.C10H12BrN5O4.C10H12ClN5O4.C10H12IN5O4.C10H13N5O4Se/c1-2-3-23-9-8(20)6(4-19)22-12(9)18-5-15-7-10(18)16-13(14)17-11(7)21;1-21-7-6(18)4(2-17)20-10(7)16-3-13-5-8(16)14-11(12)15-9(5)19;3*11-4-6(18)3(1-17)20-9(4)16-2-13-5-7(16)14-10(12)15-8(5)19;11-10-13-7-4(8(18)14-10)12-2-15(7)9-6(20)5(17)3(1-16)19-9/h5-6,8-9,12,19-20H,2-4H2,1H3,(H3,14,16,17,21);3-4,6-7,10,17-18H,2H2,1H3,(H3,12,14,15,19);3*2-4,6,9,17-18H,1H2,(H3,12,14,15,19);2-3,5-6,9,16-17,20H,1H2,(H3,11,13,14,18)/t6-,8+,9?,12-;4-,6+,7?,10-;3*3-,4?,6+,9-;3-,5+,6?,9-/m111111/s1. The van der Waals surface area contributed by atoms with Gasteiger partial charge in [-0.3, -0.25) is 43.0 Å². The van der Waals surface area contributed by atoms with Gasteiger partial charge < -0.3 is 62.1 Å². The number of imidazole rings is 6. The molecule has 6 fully saturated rings. The average molecular weight is 2140 g/mol.